The summed E-state index contributed by atoms with van der Waals surface area (Å²) >= 11 is 0. The van der Waals surface area contributed by atoms with E-state index in [0.717, 1.165) is 12.0 Å². The Morgan fingerprint density at radius 2 is 1.88 bits per heavy atom. The van der Waals surface area contributed by atoms with Gasteiger partial charge in [0.2, 0.25) is 0 Å². The van der Waals surface area contributed by atoms with E-state index in [4.69, 9.17) is 14.2 Å². The first-order valence-corrected chi connectivity index (χ1v) is 9.43. The van der Waals surface area contributed by atoms with Crippen LogP contribution < -0.4 is 0 Å². The second-order valence-corrected chi connectivity index (χ2v) is 6.79. The van der Waals surface area contributed by atoms with Gasteiger partial charge in [-0.15, -0.1) is 0 Å². The molecule has 0 amide bonds. The Bertz CT molecular complexity index is 481. The lowest BCUT2D eigenvalue weighted by Crippen LogP contribution is -2.32. The van der Waals surface area contributed by atoms with Crippen LogP contribution in [0.15, 0.2) is 12.2 Å². The third-order valence-electron chi connectivity index (χ3n) is 5.00. The lowest BCUT2D eigenvalue weighted by atomic mass is 9.71. The Morgan fingerprint density at radius 1 is 1.27 bits per heavy atom. The molecule has 1 fully saturated rings. The third kappa shape index (κ3) is 5.92. The highest BCUT2D eigenvalue weighted by Crippen LogP contribution is 2.48. The van der Waals surface area contributed by atoms with Crippen molar-refractivity contribution in [3.05, 3.63) is 31.4 Å². The lowest BCUT2D eigenvalue weighted by molar-refractivity contribution is -0.140. The minimum atomic E-state index is -0.588. The summed E-state index contributed by atoms with van der Waals surface area (Å²) in [6, 6.07) is 0. The number of hydrogen-bond donors (Lipinski definition) is 0. The molecule has 0 aliphatic heterocycles. The highest BCUT2D eigenvalue weighted by atomic mass is 16.7. The van der Waals surface area contributed by atoms with Crippen molar-refractivity contribution in [1.29, 1.82) is 0 Å². The molecule has 0 unspecified atom stereocenters. The molecule has 5 heteroatoms. The molecule has 3 radical (unpaired) electrons. The molecule has 1 aliphatic rings. The first-order valence-electron chi connectivity index (χ1n) is 9.43. The smallest absolute Gasteiger partial charge is 0.313 e. The van der Waals surface area contributed by atoms with E-state index in [9.17, 15) is 9.59 Å². The zero-order valence-corrected chi connectivity index (χ0v) is 16.6. The average molecular weight is 365 g/mol. The van der Waals surface area contributed by atoms with E-state index in [2.05, 4.69) is 13.5 Å². The number of ketones is 1. The predicted octanol–water partition coefficient (Wildman–Crippen LogP) is 3.88. The monoisotopic (exact) mass is 365 g/mol. The van der Waals surface area contributed by atoms with Gasteiger partial charge in [0.05, 0.1) is 12.5 Å². The molecule has 0 N–H and O–H groups in total. The molecule has 0 heterocycles. The molecule has 0 spiro atoms. The van der Waals surface area contributed by atoms with Crippen molar-refractivity contribution in [2.24, 2.45) is 11.3 Å². The molecule has 0 bridgehead atoms. The summed E-state index contributed by atoms with van der Waals surface area (Å²) < 4.78 is 16.2. The van der Waals surface area contributed by atoms with Crippen LogP contribution in [-0.2, 0) is 23.8 Å². The van der Waals surface area contributed by atoms with Crippen LogP contribution >= 0.6 is 0 Å². The van der Waals surface area contributed by atoms with Crippen molar-refractivity contribution in [2.45, 2.75) is 59.7 Å². The molecular weight excluding hydrogens is 332 g/mol. The number of ether oxygens (including phenoxy) is 3. The number of esters is 1. The SMILES string of the molecule is [CH2][C]([CH]C[C@]1(C)C(=O)CC[C@H]1C(=C)CC(OCC)OCC)C(=O)OCC. The van der Waals surface area contributed by atoms with E-state index >= 15 is 0 Å². The molecule has 1 saturated carbocycles. The molecule has 1 rings (SSSR count). The standard InChI is InChI=1S/C21H33O5/c1-7-24-19(25-8-2)14-16(5)17-10-11-18(22)21(17,6)13-12-15(4)20(23)26-9-3/h12,17,19H,4-5,7-11,13-14H2,1-3,6H3/t17-,21-/m0/s1. The molecule has 26 heavy (non-hydrogen) atoms. The topological polar surface area (TPSA) is 61.8 Å². The molecule has 2 atom stereocenters. The minimum Gasteiger partial charge on any atom is -0.466 e. The Kier molecular flexibility index (Phi) is 9.51. The fourth-order valence-corrected chi connectivity index (χ4v) is 3.52. The van der Waals surface area contributed by atoms with Gasteiger partial charge in [-0.1, -0.05) is 19.1 Å². The van der Waals surface area contributed by atoms with E-state index in [1.807, 2.05) is 20.8 Å². The maximum atomic E-state index is 12.6. The van der Waals surface area contributed by atoms with Crippen molar-refractivity contribution >= 4 is 11.8 Å². The van der Waals surface area contributed by atoms with Gasteiger partial charge in [-0.05, 0) is 52.9 Å². The van der Waals surface area contributed by atoms with Gasteiger partial charge in [0.25, 0.3) is 0 Å². The lowest BCUT2D eigenvalue weighted by Gasteiger charge is -2.33. The van der Waals surface area contributed by atoms with Crippen molar-refractivity contribution in [3.8, 4) is 0 Å². The fourth-order valence-electron chi connectivity index (χ4n) is 3.52. The number of Topliss-reactive ketones (excluding diaryl/α,β-unsaturated/α-hetero) is 1. The summed E-state index contributed by atoms with van der Waals surface area (Å²) in [5, 5.41) is 0. The Labute approximate surface area is 158 Å². The molecule has 0 aromatic rings. The summed E-state index contributed by atoms with van der Waals surface area (Å²) in [5.74, 6) is 0.0777. The first kappa shape index (κ1) is 22.8. The molecular formula is C21H33O5. The summed E-state index contributed by atoms with van der Waals surface area (Å²) in [7, 11) is 0. The Hall–Kier alpha value is -1.20. The van der Waals surface area contributed by atoms with Crippen molar-refractivity contribution in [3.63, 3.8) is 0 Å². The molecule has 1 aliphatic carbocycles. The third-order valence-corrected chi connectivity index (χ3v) is 5.00. The zero-order valence-electron chi connectivity index (χ0n) is 16.6. The van der Waals surface area contributed by atoms with Crippen LogP contribution in [0.5, 0.6) is 0 Å². The highest BCUT2D eigenvalue weighted by molar-refractivity contribution is 5.90. The van der Waals surface area contributed by atoms with Crippen molar-refractivity contribution in [2.75, 3.05) is 19.8 Å². The summed E-state index contributed by atoms with van der Waals surface area (Å²) in [4.78, 5) is 24.3. The van der Waals surface area contributed by atoms with Crippen molar-refractivity contribution in [1.82, 2.24) is 0 Å². The largest absolute Gasteiger partial charge is 0.466 e. The minimum absolute atomic E-state index is 0.0321. The van der Waals surface area contributed by atoms with Crippen LogP contribution in [0.4, 0.5) is 0 Å². The summed E-state index contributed by atoms with van der Waals surface area (Å²) in [6.45, 7) is 16.9. The second kappa shape index (κ2) is 10.8. The highest BCUT2D eigenvalue weighted by Gasteiger charge is 2.47. The van der Waals surface area contributed by atoms with Crippen LogP contribution in [0.3, 0.4) is 0 Å². The normalized spacial score (nSPS) is 23.0. The molecule has 5 nitrogen and oxygen atoms in total. The number of rotatable bonds is 12. The van der Waals surface area contributed by atoms with E-state index in [1.54, 1.807) is 13.3 Å². The molecule has 0 aromatic heterocycles. The van der Waals surface area contributed by atoms with Crippen LogP contribution in [0.2, 0.25) is 0 Å². The quantitative estimate of drug-likeness (QED) is 0.298. The van der Waals surface area contributed by atoms with E-state index in [-0.39, 0.29) is 18.0 Å². The Morgan fingerprint density at radius 3 is 2.42 bits per heavy atom. The van der Waals surface area contributed by atoms with Crippen LogP contribution in [0.25, 0.3) is 0 Å². The van der Waals surface area contributed by atoms with Gasteiger partial charge in [-0.3, -0.25) is 9.59 Å². The molecule has 147 valence electrons. The number of carbonyl (C=O) groups excluding carboxylic acids is 2. The first-order chi connectivity index (χ1) is 12.3. The van der Waals surface area contributed by atoms with Gasteiger partial charge in [0.1, 0.15) is 5.78 Å². The van der Waals surface area contributed by atoms with Crippen LogP contribution in [0.1, 0.15) is 53.4 Å². The van der Waals surface area contributed by atoms with Gasteiger partial charge in [0.15, 0.2) is 6.29 Å². The summed E-state index contributed by atoms with van der Waals surface area (Å²) in [5.41, 5.74) is 0.371. The summed E-state index contributed by atoms with van der Waals surface area (Å²) in [6.07, 6.45) is 3.67. The van der Waals surface area contributed by atoms with Gasteiger partial charge < -0.3 is 14.2 Å². The van der Waals surface area contributed by atoms with E-state index in [1.165, 1.54) is 0 Å². The number of carbonyl (C=O) groups is 2. The number of hydrogen-bond acceptors (Lipinski definition) is 5. The van der Waals surface area contributed by atoms with E-state index < -0.39 is 11.4 Å². The van der Waals surface area contributed by atoms with Crippen LogP contribution in [-0.4, -0.2) is 37.9 Å². The Balaban J connectivity index is 2.75. The maximum Gasteiger partial charge on any atom is 0.313 e. The van der Waals surface area contributed by atoms with Crippen LogP contribution in [0, 0.1) is 30.6 Å². The maximum absolute atomic E-state index is 12.6. The van der Waals surface area contributed by atoms with Gasteiger partial charge >= 0.3 is 5.97 Å². The second-order valence-electron chi connectivity index (χ2n) is 6.79. The fraction of sp³-hybridized carbons (Fsp3) is 0.667. The average Bonchev–Trinajstić information content (AvgIpc) is 2.89. The molecule has 0 saturated heterocycles. The zero-order chi connectivity index (χ0) is 19.7. The molecule has 0 aromatic carbocycles. The van der Waals surface area contributed by atoms with Crippen molar-refractivity contribution < 1.29 is 23.8 Å². The van der Waals surface area contributed by atoms with E-state index in [0.29, 0.717) is 45.0 Å². The van der Waals surface area contributed by atoms with Gasteiger partial charge in [-0.2, -0.15) is 0 Å². The van der Waals surface area contributed by atoms with Gasteiger partial charge in [0, 0.05) is 31.5 Å². The van der Waals surface area contributed by atoms with Gasteiger partial charge in [-0.25, -0.2) is 0 Å². The predicted molar refractivity (Wildman–Crippen MR) is 101 cm³/mol.